The predicted octanol–water partition coefficient (Wildman–Crippen LogP) is 13.9. The molecule has 0 aliphatic heterocycles. The maximum atomic E-state index is 5.84. The van der Waals surface area contributed by atoms with Gasteiger partial charge >= 0.3 is 0 Å². The lowest BCUT2D eigenvalue weighted by Crippen LogP contribution is -2.19. The van der Waals surface area contributed by atoms with Crippen LogP contribution in [0, 0.1) is 0 Å². The zero-order valence-electron chi connectivity index (χ0n) is 31.6. The van der Waals surface area contributed by atoms with Gasteiger partial charge in [0.05, 0.1) is 0 Å². The normalized spacial score (nSPS) is 11.6. The summed E-state index contributed by atoms with van der Waals surface area (Å²) in [5.41, 5.74) is 0. The van der Waals surface area contributed by atoms with E-state index in [1.54, 1.807) is 0 Å². The smallest absolute Gasteiger partial charge is 0.0478 e. The van der Waals surface area contributed by atoms with Gasteiger partial charge in [0.1, 0.15) is 0 Å². The molecule has 3 heteroatoms. The summed E-state index contributed by atoms with van der Waals surface area (Å²) >= 11 is 0. The van der Waals surface area contributed by atoms with Gasteiger partial charge in [-0.15, -0.1) is 0 Å². The third-order valence-electron chi connectivity index (χ3n) is 9.57. The maximum Gasteiger partial charge on any atom is 0.0478 e. The van der Waals surface area contributed by atoms with Crippen molar-refractivity contribution in [1.82, 2.24) is 5.32 Å². The number of rotatable bonds is 42. The molecule has 0 aliphatic rings. The predicted molar refractivity (Wildman–Crippen MR) is 203 cm³/mol. The van der Waals surface area contributed by atoms with E-state index in [0.717, 1.165) is 52.4 Å². The summed E-state index contributed by atoms with van der Waals surface area (Å²) in [7, 11) is 0. The van der Waals surface area contributed by atoms with Crippen molar-refractivity contribution in [2.75, 3.05) is 39.5 Å². The minimum absolute atomic E-state index is 0.904. The van der Waals surface area contributed by atoms with Gasteiger partial charge in [0, 0.05) is 26.4 Å². The first-order valence-electron chi connectivity index (χ1n) is 21.3. The van der Waals surface area contributed by atoms with E-state index in [-0.39, 0.29) is 0 Å². The van der Waals surface area contributed by atoms with Gasteiger partial charge in [-0.25, -0.2) is 0 Å². The molecular weight excluding hydrogens is 550 g/mol. The van der Waals surface area contributed by atoms with E-state index in [4.69, 9.17) is 9.47 Å². The van der Waals surface area contributed by atoms with Crippen LogP contribution in [-0.2, 0) is 9.47 Å². The molecule has 45 heavy (non-hydrogen) atoms. The Labute approximate surface area is 285 Å². The fourth-order valence-electron chi connectivity index (χ4n) is 6.43. The summed E-state index contributed by atoms with van der Waals surface area (Å²) in [6, 6.07) is 0. The average molecular weight is 638 g/mol. The Hall–Kier alpha value is -0.120. The molecule has 0 aromatic rings. The Bertz CT molecular complexity index is 443. The average Bonchev–Trinajstić information content (AvgIpc) is 3.05. The van der Waals surface area contributed by atoms with Crippen LogP contribution in [0.25, 0.3) is 0 Å². The highest BCUT2D eigenvalue weighted by Crippen LogP contribution is 2.15. The van der Waals surface area contributed by atoms with Crippen LogP contribution in [-0.4, -0.2) is 39.5 Å². The number of ether oxygens (including phenoxy) is 2. The van der Waals surface area contributed by atoms with Crippen molar-refractivity contribution in [1.29, 1.82) is 0 Å². The number of hydrogen-bond donors (Lipinski definition) is 1. The monoisotopic (exact) mass is 638 g/mol. The third kappa shape index (κ3) is 43.9. The largest absolute Gasteiger partial charge is 0.381 e. The van der Waals surface area contributed by atoms with Crippen molar-refractivity contribution in [2.45, 2.75) is 232 Å². The second-order valence-electron chi connectivity index (χ2n) is 14.3. The standard InChI is InChI=1S/C42H87NO2/c1-3-5-7-9-11-13-15-17-19-21-23-25-27-29-31-33-39-44-41-35-37-43-38-36-42-45-40-34-32-30-28-26-24-22-20-18-16-14-12-10-8-6-4-2/h43H,3-42H2,1-2H3. The van der Waals surface area contributed by atoms with Crippen LogP contribution in [0.1, 0.15) is 232 Å². The van der Waals surface area contributed by atoms with E-state index in [1.165, 1.54) is 205 Å². The zero-order valence-corrected chi connectivity index (χ0v) is 31.6. The first kappa shape index (κ1) is 44.9. The molecule has 0 fully saturated rings. The van der Waals surface area contributed by atoms with E-state index >= 15 is 0 Å². The molecule has 0 atom stereocenters. The summed E-state index contributed by atoms with van der Waals surface area (Å²) in [4.78, 5) is 0. The van der Waals surface area contributed by atoms with Crippen LogP contribution in [0.15, 0.2) is 0 Å². The van der Waals surface area contributed by atoms with Crippen LogP contribution in [0.3, 0.4) is 0 Å². The van der Waals surface area contributed by atoms with E-state index in [2.05, 4.69) is 19.2 Å². The lowest BCUT2D eigenvalue weighted by Gasteiger charge is -2.07. The SMILES string of the molecule is CCCCCCCCCCCCCCCCCCOCCCNCCCOCCCCCCCCCCCCCCCCCC. The van der Waals surface area contributed by atoms with Gasteiger partial charge in [0.15, 0.2) is 0 Å². The molecule has 272 valence electrons. The van der Waals surface area contributed by atoms with Gasteiger partial charge in [0.25, 0.3) is 0 Å². The van der Waals surface area contributed by atoms with E-state index < -0.39 is 0 Å². The van der Waals surface area contributed by atoms with Crippen molar-refractivity contribution in [3.05, 3.63) is 0 Å². The molecule has 0 saturated heterocycles. The fourth-order valence-corrected chi connectivity index (χ4v) is 6.43. The van der Waals surface area contributed by atoms with E-state index in [1.807, 2.05) is 0 Å². The molecule has 0 unspecified atom stereocenters. The quantitative estimate of drug-likeness (QED) is 0.0675. The first-order chi connectivity index (χ1) is 22.4. The van der Waals surface area contributed by atoms with Crippen LogP contribution < -0.4 is 5.32 Å². The second-order valence-corrected chi connectivity index (χ2v) is 14.3. The second kappa shape index (κ2) is 43.9. The molecular formula is C42H87NO2. The Morgan fingerprint density at radius 2 is 0.444 bits per heavy atom. The van der Waals surface area contributed by atoms with Gasteiger partial charge in [0.2, 0.25) is 0 Å². The molecule has 1 N–H and O–H groups in total. The van der Waals surface area contributed by atoms with Gasteiger partial charge in [-0.3, -0.25) is 0 Å². The molecule has 0 rings (SSSR count). The van der Waals surface area contributed by atoms with Crippen molar-refractivity contribution in [3.63, 3.8) is 0 Å². The fraction of sp³-hybridized carbons (Fsp3) is 1.00. The molecule has 0 spiro atoms. The lowest BCUT2D eigenvalue weighted by molar-refractivity contribution is 0.123. The van der Waals surface area contributed by atoms with Gasteiger partial charge < -0.3 is 14.8 Å². The highest BCUT2D eigenvalue weighted by atomic mass is 16.5. The highest BCUT2D eigenvalue weighted by molar-refractivity contribution is 4.53. The Morgan fingerprint density at radius 1 is 0.244 bits per heavy atom. The lowest BCUT2D eigenvalue weighted by atomic mass is 10.0. The van der Waals surface area contributed by atoms with Gasteiger partial charge in [-0.05, 0) is 38.8 Å². The third-order valence-corrected chi connectivity index (χ3v) is 9.57. The summed E-state index contributed by atoms with van der Waals surface area (Å²) in [6.07, 6.45) is 47.8. The topological polar surface area (TPSA) is 30.5 Å². The Kier molecular flexibility index (Phi) is 43.8. The summed E-state index contributed by atoms with van der Waals surface area (Å²) < 4.78 is 11.7. The first-order valence-corrected chi connectivity index (χ1v) is 21.3. The molecule has 0 aromatic carbocycles. The van der Waals surface area contributed by atoms with Crippen molar-refractivity contribution < 1.29 is 9.47 Å². The van der Waals surface area contributed by atoms with Crippen LogP contribution in [0.2, 0.25) is 0 Å². The number of nitrogens with one attached hydrogen (secondary N) is 1. The number of hydrogen-bond acceptors (Lipinski definition) is 3. The van der Waals surface area contributed by atoms with Crippen molar-refractivity contribution in [2.24, 2.45) is 0 Å². The molecule has 0 aliphatic carbocycles. The molecule has 3 nitrogen and oxygen atoms in total. The molecule has 0 radical (unpaired) electrons. The van der Waals surface area contributed by atoms with Crippen LogP contribution in [0.5, 0.6) is 0 Å². The van der Waals surface area contributed by atoms with E-state index in [9.17, 15) is 0 Å². The molecule has 0 bridgehead atoms. The van der Waals surface area contributed by atoms with Crippen LogP contribution in [0.4, 0.5) is 0 Å². The minimum Gasteiger partial charge on any atom is -0.381 e. The van der Waals surface area contributed by atoms with Crippen molar-refractivity contribution >= 4 is 0 Å². The molecule has 0 amide bonds. The minimum atomic E-state index is 0.904. The van der Waals surface area contributed by atoms with Gasteiger partial charge in [-0.2, -0.15) is 0 Å². The van der Waals surface area contributed by atoms with Crippen molar-refractivity contribution in [3.8, 4) is 0 Å². The molecule has 0 aromatic heterocycles. The summed E-state index contributed by atoms with van der Waals surface area (Å²) in [5, 5.41) is 3.54. The highest BCUT2D eigenvalue weighted by Gasteiger charge is 1.97. The summed E-state index contributed by atoms with van der Waals surface area (Å²) in [5.74, 6) is 0. The van der Waals surface area contributed by atoms with E-state index in [0.29, 0.717) is 0 Å². The summed E-state index contributed by atoms with van der Waals surface area (Å²) in [6.45, 7) is 10.4. The zero-order chi connectivity index (χ0) is 32.4. The Morgan fingerprint density at radius 3 is 0.689 bits per heavy atom. The van der Waals surface area contributed by atoms with Crippen LogP contribution >= 0.6 is 0 Å². The van der Waals surface area contributed by atoms with Gasteiger partial charge in [-0.1, -0.05) is 206 Å². The molecule has 0 saturated carbocycles. The molecule has 0 heterocycles. The number of unbranched alkanes of at least 4 members (excludes halogenated alkanes) is 30. The maximum absolute atomic E-state index is 5.84. The Balaban J connectivity index is 3.03.